The zero-order chi connectivity index (χ0) is 13.4. The average Bonchev–Trinajstić information content (AvgIpc) is 3.17. The standard InChI is InChI=1S/C13H16ClN3O2/c14-9-7-11(17(8-9)10-1-2-10)13(19)16-5-3-12(18)15-4-6-16/h7-8,10H,1-6H2,(H,15,18). The van der Waals surface area contributed by atoms with Crippen LogP contribution in [-0.2, 0) is 4.79 Å². The van der Waals surface area contributed by atoms with Crippen LogP contribution in [0.5, 0.6) is 0 Å². The molecule has 1 aromatic rings. The van der Waals surface area contributed by atoms with E-state index in [0.29, 0.717) is 42.8 Å². The first-order chi connectivity index (χ1) is 9.15. The molecule has 2 aliphatic rings. The molecule has 2 amide bonds. The molecule has 0 radical (unpaired) electrons. The van der Waals surface area contributed by atoms with E-state index in [1.165, 1.54) is 0 Å². The molecule has 3 rings (SSSR count). The van der Waals surface area contributed by atoms with Crippen LogP contribution in [0.25, 0.3) is 0 Å². The van der Waals surface area contributed by atoms with E-state index in [4.69, 9.17) is 11.6 Å². The van der Waals surface area contributed by atoms with Crippen molar-refractivity contribution in [1.29, 1.82) is 0 Å². The Morgan fingerprint density at radius 1 is 1.37 bits per heavy atom. The van der Waals surface area contributed by atoms with Crippen LogP contribution < -0.4 is 5.32 Å². The average molecular weight is 282 g/mol. The molecular formula is C13H16ClN3O2. The van der Waals surface area contributed by atoms with Crippen LogP contribution in [0.2, 0.25) is 5.02 Å². The van der Waals surface area contributed by atoms with Crippen molar-refractivity contribution < 1.29 is 9.59 Å². The third kappa shape index (κ3) is 2.61. The molecule has 1 aromatic heterocycles. The molecule has 0 bridgehead atoms. The lowest BCUT2D eigenvalue weighted by Crippen LogP contribution is -2.35. The van der Waals surface area contributed by atoms with E-state index in [1.807, 2.05) is 10.8 Å². The quantitative estimate of drug-likeness (QED) is 0.892. The van der Waals surface area contributed by atoms with E-state index in [2.05, 4.69) is 5.32 Å². The summed E-state index contributed by atoms with van der Waals surface area (Å²) in [5.74, 6) is -0.0267. The number of aromatic nitrogens is 1. The van der Waals surface area contributed by atoms with Crippen LogP contribution in [0.3, 0.4) is 0 Å². The monoisotopic (exact) mass is 281 g/mol. The lowest BCUT2D eigenvalue weighted by molar-refractivity contribution is -0.120. The van der Waals surface area contributed by atoms with Gasteiger partial charge in [0.15, 0.2) is 0 Å². The van der Waals surface area contributed by atoms with Crippen molar-refractivity contribution in [2.24, 2.45) is 0 Å². The first-order valence-corrected chi connectivity index (χ1v) is 6.96. The second-order valence-electron chi connectivity index (χ2n) is 5.07. The lowest BCUT2D eigenvalue weighted by Gasteiger charge is -2.20. The Kier molecular flexibility index (Phi) is 3.22. The fourth-order valence-corrected chi connectivity index (χ4v) is 2.61. The number of nitrogens with one attached hydrogen (secondary N) is 1. The number of carbonyl (C=O) groups is 2. The smallest absolute Gasteiger partial charge is 0.270 e. The number of halogens is 1. The van der Waals surface area contributed by atoms with E-state index in [-0.39, 0.29) is 11.8 Å². The van der Waals surface area contributed by atoms with Gasteiger partial charge >= 0.3 is 0 Å². The van der Waals surface area contributed by atoms with Gasteiger partial charge in [0.05, 0.1) is 5.02 Å². The lowest BCUT2D eigenvalue weighted by atomic mass is 10.3. The van der Waals surface area contributed by atoms with Gasteiger partial charge in [0, 0.05) is 38.3 Å². The minimum absolute atomic E-state index is 0.00547. The summed E-state index contributed by atoms with van der Waals surface area (Å²) in [5.41, 5.74) is 0.641. The van der Waals surface area contributed by atoms with Gasteiger partial charge in [-0.05, 0) is 18.9 Å². The molecule has 1 N–H and O–H groups in total. The summed E-state index contributed by atoms with van der Waals surface area (Å²) in [7, 11) is 0. The number of amides is 2. The summed E-state index contributed by atoms with van der Waals surface area (Å²) in [5, 5.41) is 3.37. The number of rotatable bonds is 2. The maximum atomic E-state index is 12.5. The highest BCUT2D eigenvalue weighted by atomic mass is 35.5. The first-order valence-electron chi connectivity index (χ1n) is 6.58. The SMILES string of the molecule is O=C1CCN(C(=O)c2cc(Cl)cn2C2CC2)CCN1. The number of nitrogens with zero attached hydrogens (tertiary/aromatic N) is 2. The molecule has 2 fully saturated rings. The van der Waals surface area contributed by atoms with Crippen molar-refractivity contribution in [3.05, 3.63) is 23.0 Å². The molecule has 1 saturated carbocycles. The molecule has 102 valence electrons. The number of carbonyl (C=O) groups excluding carboxylic acids is 2. The van der Waals surface area contributed by atoms with Gasteiger partial charge in [-0.2, -0.15) is 0 Å². The minimum Gasteiger partial charge on any atom is -0.354 e. The summed E-state index contributed by atoms with van der Waals surface area (Å²) in [6.07, 6.45) is 4.40. The highest BCUT2D eigenvalue weighted by Gasteiger charge is 2.30. The minimum atomic E-state index is -0.0321. The van der Waals surface area contributed by atoms with Crippen LogP contribution in [0.4, 0.5) is 0 Å². The zero-order valence-electron chi connectivity index (χ0n) is 10.6. The Bertz CT molecular complexity index is 522. The van der Waals surface area contributed by atoms with Crippen LogP contribution >= 0.6 is 11.6 Å². The van der Waals surface area contributed by atoms with Gasteiger partial charge in [0.25, 0.3) is 5.91 Å². The molecule has 2 heterocycles. The number of hydrogen-bond donors (Lipinski definition) is 1. The van der Waals surface area contributed by atoms with Crippen molar-refractivity contribution in [2.45, 2.75) is 25.3 Å². The second kappa shape index (κ2) is 4.89. The molecule has 6 heteroatoms. The van der Waals surface area contributed by atoms with Gasteiger partial charge in [-0.3, -0.25) is 9.59 Å². The van der Waals surface area contributed by atoms with Gasteiger partial charge < -0.3 is 14.8 Å². The van der Waals surface area contributed by atoms with Gasteiger partial charge in [0.1, 0.15) is 5.69 Å². The Balaban J connectivity index is 1.81. The van der Waals surface area contributed by atoms with Gasteiger partial charge in [-0.1, -0.05) is 11.6 Å². The molecule has 0 unspecified atom stereocenters. The van der Waals surface area contributed by atoms with Gasteiger partial charge in [-0.25, -0.2) is 0 Å². The van der Waals surface area contributed by atoms with E-state index >= 15 is 0 Å². The van der Waals surface area contributed by atoms with E-state index in [1.54, 1.807) is 11.0 Å². The van der Waals surface area contributed by atoms with Crippen molar-refractivity contribution >= 4 is 23.4 Å². The summed E-state index contributed by atoms with van der Waals surface area (Å²) in [6, 6.07) is 2.14. The van der Waals surface area contributed by atoms with E-state index in [9.17, 15) is 9.59 Å². The van der Waals surface area contributed by atoms with Gasteiger partial charge in [0.2, 0.25) is 5.91 Å². The first kappa shape index (κ1) is 12.5. The summed E-state index contributed by atoms with van der Waals surface area (Å²) in [4.78, 5) is 25.6. The Morgan fingerprint density at radius 2 is 2.16 bits per heavy atom. The second-order valence-corrected chi connectivity index (χ2v) is 5.51. The highest BCUT2D eigenvalue weighted by molar-refractivity contribution is 6.31. The maximum absolute atomic E-state index is 12.5. The van der Waals surface area contributed by atoms with E-state index in [0.717, 1.165) is 12.8 Å². The van der Waals surface area contributed by atoms with Crippen LogP contribution in [-0.4, -0.2) is 40.9 Å². The third-order valence-electron chi connectivity index (χ3n) is 3.57. The molecule has 1 aliphatic carbocycles. The molecule has 5 nitrogen and oxygen atoms in total. The predicted octanol–water partition coefficient (Wildman–Crippen LogP) is 1.44. The Hall–Kier alpha value is -1.49. The summed E-state index contributed by atoms with van der Waals surface area (Å²) >= 11 is 6.02. The summed E-state index contributed by atoms with van der Waals surface area (Å²) < 4.78 is 1.98. The zero-order valence-corrected chi connectivity index (χ0v) is 11.3. The summed E-state index contributed by atoms with van der Waals surface area (Å²) in [6.45, 7) is 1.54. The third-order valence-corrected chi connectivity index (χ3v) is 3.78. The molecule has 0 atom stereocenters. The molecule has 0 aromatic carbocycles. The molecular weight excluding hydrogens is 266 g/mol. The van der Waals surface area contributed by atoms with Gasteiger partial charge in [-0.15, -0.1) is 0 Å². The van der Waals surface area contributed by atoms with Crippen LogP contribution in [0.1, 0.15) is 35.8 Å². The van der Waals surface area contributed by atoms with Crippen molar-refractivity contribution in [3.8, 4) is 0 Å². The predicted molar refractivity (Wildman–Crippen MR) is 71.2 cm³/mol. The Morgan fingerprint density at radius 3 is 2.89 bits per heavy atom. The fourth-order valence-electron chi connectivity index (χ4n) is 2.40. The topological polar surface area (TPSA) is 54.3 Å². The van der Waals surface area contributed by atoms with Crippen molar-refractivity contribution in [2.75, 3.05) is 19.6 Å². The Labute approximate surface area is 116 Å². The van der Waals surface area contributed by atoms with Crippen LogP contribution in [0.15, 0.2) is 12.3 Å². The number of hydrogen-bond acceptors (Lipinski definition) is 2. The molecule has 1 saturated heterocycles. The highest BCUT2D eigenvalue weighted by Crippen LogP contribution is 2.37. The van der Waals surface area contributed by atoms with Crippen molar-refractivity contribution in [1.82, 2.24) is 14.8 Å². The normalized spacial score (nSPS) is 20.1. The van der Waals surface area contributed by atoms with E-state index < -0.39 is 0 Å². The molecule has 19 heavy (non-hydrogen) atoms. The largest absolute Gasteiger partial charge is 0.354 e. The maximum Gasteiger partial charge on any atom is 0.270 e. The molecule has 0 spiro atoms. The molecule has 1 aliphatic heterocycles. The van der Waals surface area contributed by atoms with Crippen LogP contribution in [0, 0.1) is 0 Å². The fraction of sp³-hybridized carbons (Fsp3) is 0.538. The van der Waals surface area contributed by atoms with Crippen molar-refractivity contribution in [3.63, 3.8) is 0 Å².